The molecule has 0 aliphatic carbocycles. The lowest BCUT2D eigenvalue weighted by Crippen LogP contribution is -2.58. The van der Waals surface area contributed by atoms with Gasteiger partial charge in [0.1, 0.15) is 17.2 Å². The number of likely N-dealkylation sites (N-methyl/N-ethyl adjacent to an activating group) is 1. The van der Waals surface area contributed by atoms with Gasteiger partial charge < -0.3 is 24.8 Å². The van der Waals surface area contributed by atoms with E-state index in [2.05, 4.69) is 46.9 Å². The molecule has 0 spiro atoms. The van der Waals surface area contributed by atoms with Gasteiger partial charge in [0.25, 0.3) is 5.91 Å². The highest BCUT2D eigenvalue weighted by atomic mass is 19.1. The Bertz CT molecular complexity index is 1980. The van der Waals surface area contributed by atoms with Crippen molar-refractivity contribution in [2.45, 2.75) is 38.6 Å². The number of imidazole rings is 1. The number of nitrogens with zero attached hydrogens (tertiary/aromatic N) is 8. The molecule has 2 fully saturated rings. The zero-order valence-electron chi connectivity index (χ0n) is 27.9. The summed E-state index contributed by atoms with van der Waals surface area (Å²) in [6, 6.07) is 9.37. The second kappa shape index (κ2) is 12.9. The number of benzene rings is 2. The average Bonchev–Trinajstić information content (AvgIpc) is 3.55. The summed E-state index contributed by atoms with van der Waals surface area (Å²) in [5, 5.41) is 18.4. The number of anilines is 1. The summed E-state index contributed by atoms with van der Waals surface area (Å²) in [5.74, 6) is 0.397. The van der Waals surface area contributed by atoms with E-state index in [1.807, 2.05) is 30.0 Å². The maximum atomic E-state index is 14.2. The number of aromatic nitrogens is 6. The molecule has 3 aromatic heterocycles. The molecule has 1 amide bonds. The largest absolute Gasteiger partial charge is 0.505 e. The number of aromatic hydroxyl groups is 1. The molecule has 12 nitrogen and oxygen atoms in total. The van der Waals surface area contributed by atoms with Gasteiger partial charge >= 0.3 is 0 Å². The van der Waals surface area contributed by atoms with Crippen molar-refractivity contribution >= 4 is 22.6 Å². The summed E-state index contributed by atoms with van der Waals surface area (Å²) in [5.41, 5.74) is 6.23. The van der Waals surface area contributed by atoms with E-state index in [0.717, 1.165) is 90.5 Å². The van der Waals surface area contributed by atoms with E-state index >= 15 is 0 Å². The topological polar surface area (TPSA) is 133 Å². The van der Waals surface area contributed by atoms with Crippen molar-refractivity contribution in [2.75, 3.05) is 64.3 Å². The van der Waals surface area contributed by atoms with Crippen LogP contribution in [0.4, 0.5) is 10.2 Å². The third kappa shape index (κ3) is 6.01. The number of hydrogen-bond donors (Lipinski definition) is 3. The summed E-state index contributed by atoms with van der Waals surface area (Å²) in [7, 11) is 2.17. The molecule has 2 aromatic carbocycles. The molecule has 13 heteroatoms. The molecule has 8 rings (SSSR count). The fraction of sp³-hybridized carbons (Fsp3) is 0.417. The van der Waals surface area contributed by atoms with Gasteiger partial charge in [-0.1, -0.05) is 13.0 Å². The van der Waals surface area contributed by atoms with Crippen molar-refractivity contribution in [2.24, 2.45) is 0 Å². The molecule has 0 bridgehead atoms. The summed E-state index contributed by atoms with van der Waals surface area (Å²) >= 11 is 0. The van der Waals surface area contributed by atoms with E-state index in [0.29, 0.717) is 55.6 Å². The third-order valence-corrected chi connectivity index (χ3v) is 10.3. The number of carbonyl (C=O) groups is 1. The number of H-pyrrole nitrogens is 2. The van der Waals surface area contributed by atoms with Crippen LogP contribution >= 0.6 is 0 Å². The van der Waals surface area contributed by atoms with Crippen LogP contribution in [0.15, 0.2) is 42.7 Å². The van der Waals surface area contributed by atoms with Crippen LogP contribution in [0.5, 0.6) is 5.75 Å². The molecule has 49 heavy (non-hydrogen) atoms. The van der Waals surface area contributed by atoms with Gasteiger partial charge in [-0.05, 0) is 60.8 Å². The van der Waals surface area contributed by atoms with Gasteiger partial charge in [0, 0.05) is 82.3 Å². The van der Waals surface area contributed by atoms with E-state index in [9.17, 15) is 14.3 Å². The molecule has 2 saturated heterocycles. The Morgan fingerprint density at radius 1 is 1.02 bits per heavy atom. The lowest BCUT2D eigenvalue weighted by molar-refractivity contribution is 0.0572. The van der Waals surface area contributed by atoms with Crippen molar-refractivity contribution < 1.29 is 14.3 Å². The SMILES string of the molecule is CCc1cc(O)c(F)cc1-c1ccc2c(-c3nc4c([nH]3)CCN(C(=O)c3cnc(N5CCCN(C6CN(C)C6)CC5)cn3)CC4)n[nH]c2c1. The minimum atomic E-state index is -0.645. The number of halogens is 1. The third-order valence-electron chi connectivity index (χ3n) is 10.3. The molecule has 3 aliphatic rings. The fourth-order valence-corrected chi connectivity index (χ4v) is 7.49. The predicted molar refractivity (Wildman–Crippen MR) is 185 cm³/mol. The molecule has 5 aromatic rings. The first-order valence-corrected chi connectivity index (χ1v) is 17.2. The molecule has 254 valence electrons. The fourth-order valence-electron chi connectivity index (χ4n) is 7.49. The van der Waals surface area contributed by atoms with Crippen molar-refractivity contribution in [1.82, 2.24) is 44.8 Å². The quantitative estimate of drug-likeness (QED) is 0.247. The molecule has 0 saturated carbocycles. The molecule has 3 aliphatic heterocycles. The van der Waals surface area contributed by atoms with Gasteiger partial charge in [0.05, 0.1) is 23.6 Å². The number of phenolic OH excluding ortho intramolecular Hbond substituents is 1. The Kier molecular flexibility index (Phi) is 8.24. The predicted octanol–water partition coefficient (Wildman–Crippen LogP) is 3.88. The number of rotatable bonds is 6. The number of likely N-dealkylation sites (tertiary alicyclic amines) is 1. The maximum absolute atomic E-state index is 14.2. The van der Waals surface area contributed by atoms with Crippen LogP contribution in [0.1, 0.15) is 40.8 Å². The number of aromatic amines is 2. The van der Waals surface area contributed by atoms with Gasteiger partial charge in [-0.2, -0.15) is 5.10 Å². The van der Waals surface area contributed by atoms with Gasteiger partial charge in [0.2, 0.25) is 0 Å². The Morgan fingerprint density at radius 2 is 1.88 bits per heavy atom. The van der Waals surface area contributed by atoms with Crippen LogP contribution in [0.25, 0.3) is 33.5 Å². The summed E-state index contributed by atoms with van der Waals surface area (Å²) < 4.78 is 14.2. The number of carbonyl (C=O) groups excluding carboxylic acids is 1. The van der Waals surface area contributed by atoms with E-state index in [1.54, 1.807) is 12.4 Å². The van der Waals surface area contributed by atoms with Crippen LogP contribution in [0.2, 0.25) is 0 Å². The molecule has 0 radical (unpaired) electrons. The van der Waals surface area contributed by atoms with E-state index < -0.39 is 5.82 Å². The maximum Gasteiger partial charge on any atom is 0.274 e. The normalized spacial score (nSPS) is 17.9. The summed E-state index contributed by atoms with van der Waals surface area (Å²) in [6.45, 7) is 9.32. The first kappa shape index (κ1) is 31.4. The Labute approximate surface area is 284 Å². The van der Waals surface area contributed by atoms with Crippen molar-refractivity contribution in [1.29, 1.82) is 0 Å². The van der Waals surface area contributed by atoms with E-state index in [-0.39, 0.29) is 11.7 Å². The number of hydrogen-bond acceptors (Lipinski definition) is 9. The molecule has 6 heterocycles. The molecule has 0 atom stereocenters. The van der Waals surface area contributed by atoms with Crippen LogP contribution in [-0.4, -0.2) is 121 Å². The first-order valence-electron chi connectivity index (χ1n) is 17.2. The number of nitrogens with one attached hydrogen (secondary N) is 2. The van der Waals surface area contributed by atoms with Crippen molar-refractivity contribution in [3.05, 3.63) is 71.2 Å². The van der Waals surface area contributed by atoms with Crippen LogP contribution in [-0.2, 0) is 19.3 Å². The zero-order valence-corrected chi connectivity index (χ0v) is 27.9. The summed E-state index contributed by atoms with van der Waals surface area (Å²) in [6.07, 6.45) is 6.37. The van der Waals surface area contributed by atoms with Crippen molar-refractivity contribution in [3.63, 3.8) is 0 Å². The lowest BCUT2D eigenvalue weighted by atomic mass is 9.96. The lowest BCUT2D eigenvalue weighted by Gasteiger charge is -2.43. The second-order valence-corrected chi connectivity index (χ2v) is 13.5. The van der Waals surface area contributed by atoms with E-state index in [4.69, 9.17) is 4.98 Å². The number of aryl methyl sites for hydroxylation is 1. The van der Waals surface area contributed by atoms with E-state index in [1.165, 1.54) is 12.1 Å². The van der Waals surface area contributed by atoms with Crippen molar-refractivity contribution in [3.8, 4) is 28.4 Å². The van der Waals surface area contributed by atoms with Gasteiger partial charge in [-0.15, -0.1) is 0 Å². The molecular formula is C36H41FN10O2. The highest BCUT2D eigenvalue weighted by Crippen LogP contribution is 2.34. The number of fused-ring (bicyclic) bond motifs is 2. The van der Waals surface area contributed by atoms with Crippen LogP contribution < -0.4 is 4.90 Å². The molecule has 3 N–H and O–H groups in total. The zero-order chi connectivity index (χ0) is 33.6. The number of phenols is 1. The Balaban J connectivity index is 0.919. The molecule has 0 unspecified atom stereocenters. The van der Waals surface area contributed by atoms with Gasteiger partial charge in [-0.25, -0.2) is 19.3 Å². The van der Waals surface area contributed by atoms with Crippen LogP contribution in [0.3, 0.4) is 0 Å². The highest BCUT2D eigenvalue weighted by Gasteiger charge is 2.31. The summed E-state index contributed by atoms with van der Waals surface area (Å²) in [4.78, 5) is 40.1. The second-order valence-electron chi connectivity index (χ2n) is 13.5. The Hall–Kier alpha value is -4.88. The first-order chi connectivity index (χ1) is 23.8. The Morgan fingerprint density at radius 3 is 2.67 bits per heavy atom. The van der Waals surface area contributed by atoms with Crippen LogP contribution in [0, 0.1) is 5.82 Å². The average molecular weight is 665 g/mol. The monoisotopic (exact) mass is 664 g/mol. The number of amides is 1. The van der Waals surface area contributed by atoms with Gasteiger partial charge in [0.15, 0.2) is 17.4 Å². The minimum absolute atomic E-state index is 0.116. The molecular weight excluding hydrogens is 623 g/mol. The highest BCUT2D eigenvalue weighted by molar-refractivity contribution is 5.94. The minimum Gasteiger partial charge on any atom is -0.505 e. The standard InChI is InChI=1S/C36H41FN10O2/c1-3-22-16-32(48)27(37)17-26(22)23-5-6-25-30(15-23)42-43-34(25)35-40-28-7-11-47(12-8-29(28)41-35)36(49)31-18-39-33(19-38-31)46-10-4-9-45(13-14-46)24-20-44(2)21-24/h5-6,15-19,24,48H,3-4,7-14,20-21H2,1-2H3,(H,40,41)(H,42,43). The van der Waals surface area contributed by atoms with Gasteiger partial charge in [-0.3, -0.25) is 14.8 Å². The smallest absolute Gasteiger partial charge is 0.274 e.